The lowest BCUT2D eigenvalue weighted by molar-refractivity contribution is 0.340. The maximum Gasteiger partial charge on any atom is 0.202 e. The molecule has 72 valence electrons. The maximum absolute atomic E-state index is 5.89. The summed E-state index contributed by atoms with van der Waals surface area (Å²) in [5.41, 5.74) is 0. The van der Waals surface area contributed by atoms with Gasteiger partial charge < -0.3 is 9.88 Å². The number of rotatable bonds is 3. The highest BCUT2D eigenvalue weighted by atomic mass is 35.5. The number of alkyl halides is 1. The summed E-state index contributed by atoms with van der Waals surface area (Å²) >= 11 is 5.89. The van der Waals surface area contributed by atoms with E-state index < -0.39 is 0 Å². The second kappa shape index (κ2) is 3.58. The van der Waals surface area contributed by atoms with Crippen LogP contribution in [-0.2, 0) is 7.05 Å². The molecule has 0 bridgehead atoms. The SMILES string of the molecule is Cn1ccnc1NCC1CC(Cl)C1. The molecule has 0 aromatic carbocycles. The predicted molar refractivity (Wildman–Crippen MR) is 54.1 cm³/mol. The molecule has 0 amide bonds. The van der Waals surface area contributed by atoms with Crippen LogP contribution >= 0.6 is 11.6 Å². The lowest BCUT2D eigenvalue weighted by atomic mass is 9.85. The molecule has 0 radical (unpaired) electrons. The first-order valence-electron chi connectivity index (χ1n) is 4.61. The van der Waals surface area contributed by atoms with E-state index in [-0.39, 0.29) is 0 Å². The molecule has 1 heterocycles. The molecule has 1 fully saturated rings. The van der Waals surface area contributed by atoms with Gasteiger partial charge in [-0.25, -0.2) is 4.98 Å². The van der Waals surface area contributed by atoms with Crippen molar-refractivity contribution in [3.05, 3.63) is 12.4 Å². The summed E-state index contributed by atoms with van der Waals surface area (Å²) in [5, 5.41) is 3.72. The molecule has 0 atom stereocenters. The molecule has 1 aromatic heterocycles. The highest BCUT2D eigenvalue weighted by Gasteiger charge is 2.26. The van der Waals surface area contributed by atoms with E-state index in [4.69, 9.17) is 11.6 Å². The molecule has 0 aliphatic heterocycles. The van der Waals surface area contributed by atoms with Crippen LogP contribution in [-0.4, -0.2) is 21.5 Å². The van der Waals surface area contributed by atoms with Crippen LogP contribution in [0.15, 0.2) is 12.4 Å². The van der Waals surface area contributed by atoms with Gasteiger partial charge in [0.05, 0.1) is 0 Å². The number of aryl methyl sites for hydroxylation is 1. The fourth-order valence-electron chi connectivity index (χ4n) is 1.59. The zero-order chi connectivity index (χ0) is 9.26. The molecular weight excluding hydrogens is 186 g/mol. The van der Waals surface area contributed by atoms with Gasteiger partial charge in [0.15, 0.2) is 0 Å². The Bertz CT molecular complexity index is 278. The van der Waals surface area contributed by atoms with E-state index in [0.717, 1.165) is 31.3 Å². The average molecular weight is 200 g/mol. The Labute approximate surface area is 83.1 Å². The maximum atomic E-state index is 5.89. The molecule has 1 saturated carbocycles. The topological polar surface area (TPSA) is 29.9 Å². The third kappa shape index (κ3) is 1.97. The van der Waals surface area contributed by atoms with Gasteiger partial charge in [0, 0.05) is 31.4 Å². The van der Waals surface area contributed by atoms with Crippen LogP contribution < -0.4 is 5.32 Å². The zero-order valence-corrected chi connectivity index (χ0v) is 8.46. The fourth-order valence-corrected chi connectivity index (χ4v) is 2.10. The van der Waals surface area contributed by atoms with Crippen LogP contribution in [0.1, 0.15) is 12.8 Å². The van der Waals surface area contributed by atoms with Gasteiger partial charge in [-0.2, -0.15) is 0 Å². The van der Waals surface area contributed by atoms with Gasteiger partial charge in [-0.15, -0.1) is 11.6 Å². The van der Waals surface area contributed by atoms with E-state index in [2.05, 4.69) is 10.3 Å². The van der Waals surface area contributed by atoms with Crippen molar-refractivity contribution >= 4 is 17.5 Å². The number of nitrogens with zero attached hydrogens (tertiary/aromatic N) is 2. The fraction of sp³-hybridized carbons (Fsp3) is 0.667. The summed E-state index contributed by atoms with van der Waals surface area (Å²) in [6.07, 6.45) is 6.01. The third-order valence-electron chi connectivity index (χ3n) is 2.55. The molecule has 0 spiro atoms. The normalized spacial score (nSPS) is 26.9. The second-order valence-electron chi connectivity index (χ2n) is 3.68. The Hall–Kier alpha value is -0.700. The smallest absolute Gasteiger partial charge is 0.202 e. The summed E-state index contributed by atoms with van der Waals surface area (Å²) in [5.74, 6) is 1.68. The lowest BCUT2D eigenvalue weighted by Gasteiger charge is -2.30. The molecule has 0 unspecified atom stereocenters. The summed E-state index contributed by atoms with van der Waals surface area (Å²) in [7, 11) is 1.99. The van der Waals surface area contributed by atoms with E-state index in [9.17, 15) is 0 Å². The van der Waals surface area contributed by atoms with E-state index in [1.165, 1.54) is 0 Å². The molecule has 4 heteroatoms. The number of halogens is 1. The summed E-state index contributed by atoms with van der Waals surface area (Å²) < 4.78 is 1.98. The Morgan fingerprint density at radius 2 is 2.46 bits per heavy atom. The van der Waals surface area contributed by atoms with E-state index in [0.29, 0.717) is 5.38 Å². The predicted octanol–water partition coefficient (Wildman–Crippen LogP) is 1.85. The number of hydrogen-bond acceptors (Lipinski definition) is 2. The molecule has 0 saturated heterocycles. The standard InChI is InChI=1S/C9H14ClN3/c1-13-3-2-11-9(13)12-6-7-4-8(10)5-7/h2-3,7-8H,4-6H2,1H3,(H,11,12). The second-order valence-corrected chi connectivity index (χ2v) is 4.29. The molecule has 1 aliphatic carbocycles. The highest BCUT2D eigenvalue weighted by molar-refractivity contribution is 6.21. The van der Waals surface area contributed by atoms with Crippen molar-refractivity contribution in [1.29, 1.82) is 0 Å². The number of anilines is 1. The van der Waals surface area contributed by atoms with Crippen LogP contribution in [0.5, 0.6) is 0 Å². The van der Waals surface area contributed by atoms with Crippen molar-refractivity contribution in [2.75, 3.05) is 11.9 Å². The van der Waals surface area contributed by atoms with E-state index in [1.807, 2.05) is 17.8 Å². The monoisotopic (exact) mass is 199 g/mol. The summed E-state index contributed by atoms with van der Waals surface area (Å²) in [4.78, 5) is 4.18. The van der Waals surface area contributed by atoms with Crippen molar-refractivity contribution < 1.29 is 0 Å². The first kappa shape index (κ1) is 8.88. The number of nitrogens with one attached hydrogen (secondary N) is 1. The number of aromatic nitrogens is 2. The zero-order valence-electron chi connectivity index (χ0n) is 7.70. The van der Waals surface area contributed by atoms with Gasteiger partial charge in [-0.3, -0.25) is 0 Å². The van der Waals surface area contributed by atoms with Gasteiger partial charge in [-0.1, -0.05) is 0 Å². The van der Waals surface area contributed by atoms with Crippen molar-refractivity contribution in [1.82, 2.24) is 9.55 Å². The van der Waals surface area contributed by atoms with E-state index in [1.54, 1.807) is 6.20 Å². The van der Waals surface area contributed by atoms with Crippen LogP contribution in [0.4, 0.5) is 5.95 Å². The number of hydrogen-bond donors (Lipinski definition) is 1. The molecule has 2 rings (SSSR count). The quantitative estimate of drug-likeness (QED) is 0.754. The van der Waals surface area contributed by atoms with Gasteiger partial charge in [-0.05, 0) is 18.8 Å². The Balaban J connectivity index is 1.77. The minimum atomic E-state index is 0.410. The Morgan fingerprint density at radius 1 is 1.69 bits per heavy atom. The van der Waals surface area contributed by atoms with Crippen molar-refractivity contribution in [2.45, 2.75) is 18.2 Å². The van der Waals surface area contributed by atoms with Crippen molar-refractivity contribution in [2.24, 2.45) is 13.0 Å². The third-order valence-corrected chi connectivity index (χ3v) is 2.90. The van der Waals surface area contributed by atoms with Crippen LogP contribution in [0.3, 0.4) is 0 Å². The van der Waals surface area contributed by atoms with Gasteiger partial charge in [0.1, 0.15) is 0 Å². The highest BCUT2D eigenvalue weighted by Crippen LogP contribution is 2.31. The minimum Gasteiger partial charge on any atom is -0.355 e. The first-order chi connectivity index (χ1) is 6.25. The van der Waals surface area contributed by atoms with Gasteiger partial charge >= 0.3 is 0 Å². The molecule has 1 N–H and O–H groups in total. The average Bonchev–Trinajstić information content (AvgIpc) is 2.43. The van der Waals surface area contributed by atoms with Crippen molar-refractivity contribution in [3.8, 4) is 0 Å². The van der Waals surface area contributed by atoms with Crippen LogP contribution in [0.25, 0.3) is 0 Å². The molecule has 1 aromatic rings. The molecule has 1 aliphatic rings. The largest absolute Gasteiger partial charge is 0.355 e. The molecule has 3 nitrogen and oxygen atoms in total. The first-order valence-corrected chi connectivity index (χ1v) is 5.04. The molecule has 13 heavy (non-hydrogen) atoms. The van der Waals surface area contributed by atoms with Crippen LogP contribution in [0, 0.1) is 5.92 Å². The Morgan fingerprint density at radius 3 is 3.00 bits per heavy atom. The lowest BCUT2D eigenvalue weighted by Crippen LogP contribution is -2.30. The van der Waals surface area contributed by atoms with Crippen molar-refractivity contribution in [3.63, 3.8) is 0 Å². The summed E-state index contributed by atoms with van der Waals surface area (Å²) in [6.45, 7) is 0.994. The Kier molecular flexibility index (Phi) is 2.44. The van der Waals surface area contributed by atoms with Gasteiger partial charge in [0.2, 0.25) is 5.95 Å². The van der Waals surface area contributed by atoms with Crippen LogP contribution in [0.2, 0.25) is 0 Å². The van der Waals surface area contributed by atoms with E-state index >= 15 is 0 Å². The number of imidazole rings is 1. The molecular formula is C9H14ClN3. The van der Waals surface area contributed by atoms with Gasteiger partial charge in [0.25, 0.3) is 0 Å². The minimum absolute atomic E-state index is 0.410. The summed E-state index contributed by atoms with van der Waals surface area (Å²) in [6, 6.07) is 0.